The molecule has 0 saturated heterocycles. The van der Waals surface area contributed by atoms with E-state index in [4.69, 9.17) is 14.2 Å². The third-order valence-corrected chi connectivity index (χ3v) is 4.55. The molecule has 6 nitrogen and oxygen atoms in total. The van der Waals surface area contributed by atoms with Crippen LogP contribution in [0.3, 0.4) is 0 Å². The van der Waals surface area contributed by atoms with Crippen molar-refractivity contribution < 1.29 is 19.0 Å². The Labute approximate surface area is 161 Å². The van der Waals surface area contributed by atoms with Gasteiger partial charge in [0, 0.05) is 23.1 Å². The Kier molecular flexibility index (Phi) is 6.27. The van der Waals surface area contributed by atoms with Gasteiger partial charge in [0.25, 0.3) is 5.91 Å². The standard InChI is InChI=1S/C20H20N2O4S/c1-24-17-6-4-3-5-15(17)10-21-20(23)14-7-8-18(19(9-14)25-2)26-11-16-12-27-13-22-16/h3-9,12-13H,10-11H2,1-2H3,(H,21,23). The van der Waals surface area contributed by atoms with Gasteiger partial charge in [0.1, 0.15) is 12.4 Å². The first-order valence-electron chi connectivity index (χ1n) is 8.29. The summed E-state index contributed by atoms with van der Waals surface area (Å²) in [6, 6.07) is 12.7. The van der Waals surface area contributed by atoms with Crippen molar-refractivity contribution in [2.45, 2.75) is 13.2 Å². The first-order valence-corrected chi connectivity index (χ1v) is 9.23. The predicted molar refractivity (Wildman–Crippen MR) is 104 cm³/mol. The monoisotopic (exact) mass is 384 g/mol. The van der Waals surface area contributed by atoms with Gasteiger partial charge in [0.15, 0.2) is 11.5 Å². The average Bonchev–Trinajstić information content (AvgIpc) is 3.24. The summed E-state index contributed by atoms with van der Waals surface area (Å²) < 4.78 is 16.4. The number of carbonyl (C=O) groups excluding carboxylic acids is 1. The van der Waals surface area contributed by atoms with E-state index in [1.807, 2.05) is 29.6 Å². The molecule has 0 bridgehead atoms. The van der Waals surface area contributed by atoms with Gasteiger partial charge in [-0.05, 0) is 24.3 Å². The maximum atomic E-state index is 12.5. The maximum Gasteiger partial charge on any atom is 0.251 e. The maximum absolute atomic E-state index is 12.5. The van der Waals surface area contributed by atoms with Crippen LogP contribution in [0, 0.1) is 0 Å². The Morgan fingerprint density at radius 1 is 1.07 bits per heavy atom. The normalized spacial score (nSPS) is 10.3. The third kappa shape index (κ3) is 4.77. The van der Waals surface area contributed by atoms with Gasteiger partial charge in [-0.25, -0.2) is 4.98 Å². The van der Waals surface area contributed by atoms with E-state index in [2.05, 4.69) is 10.3 Å². The van der Waals surface area contributed by atoms with Crippen LogP contribution in [0.2, 0.25) is 0 Å². The predicted octanol–water partition coefficient (Wildman–Crippen LogP) is 3.67. The molecule has 0 unspecified atom stereocenters. The molecule has 0 atom stereocenters. The molecule has 140 valence electrons. The lowest BCUT2D eigenvalue weighted by Crippen LogP contribution is -2.23. The summed E-state index contributed by atoms with van der Waals surface area (Å²) in [5, 5.41) is 4.81. The van der Waals surface area contributed by atoms with Crippen molar-refractivity contribution in [1.82, 2.24) is 10.3 Å². The third-order valence-electron chi connectivity index (χ3n) is 3.92. The second-order valence-corrected chi connectivity index (χ2v) is 6.35. The number of carbonyl (C=O) groups is 1. The van der Waals surface area contributed by atoms with E-state index >= 15 is 0 Å². The van der Waals surface area contributed by atoms with Gasteiger partial charge in [0.2, 0.25) is 0 Å². The first kappa shape index (κ1) is 18.7. The summed E-state index contributed by atoms with van der Waals surface area (Å²) in [6.45, 7) is 0.715. The minimum Gasteiger partial charge on any atom is -0.496 e. The van der Waals surface area contributed by atoms with Crippen LogP contribution in [-0.4, -0.2) is 25.1 Å². The highest BCUT2D eigenvalue weighted by molar-refractivity contribution is 7.07. The van der Waals surface area contributed by atoms with Gasteiger partial charge in [-0.2, -0.15) is 0 Å². The lowest BCUT2D eigenvalue weighted by molar-refractivity contribution is 0.0950. The number of para-hydroxylation sites is 1. The van der Waals surface area contributed by atoms with Crippen LogP contribution >= 0.6 is 11.3 Å². The molecule has 0 aliphatic heterocycles. The Bertz CT molecular complexity index is 897. The van der Waals surface area contributed by atoms with Gasteiger partial charge in [-0.3, -0.25) is 4.79 Å². The van der Waals surface area contributed by atoms with Crippen molar-refractivity contribution >= 4 is 17.2 Å². The fourth-order valence-corrected chi connectivity index (χ4v) is 3.06. The molecule has 1 aromatic heterocycles. The minimum absolute atomic E-state index is 0.203. The molecule has 0 saturated carbocycles. The first-order chi connectivity index (χ1) is 13.2. The van der Waals surface area contributed by atoms with Crippen LogP contribution in [0.25, 0.3) is 0 Å². The molecule has 0 aliphatic carbocycles. The second-order valence-electron chi connectivity index (χ2n) is 5.63. The zero-order valence-electron chi connectivity index (χ0n) is 15.1. The molecular formula is C20H20N2O4S. The molecule has 3 rings (SSSR count). The topological polar surface area (TPSA) is 69.7 Å². The van der Waals surface area contributed by atoms with Crippen molar-refractivity contribution in [2.75, 3.05) is 14.2 Å². The molecule has 2 aromatic carbocycles. The van der Waals surface area contributed by atoms with Crippen LogP contribution in [0.15, 0.2) is 53.4 Å². The van der Waals surface area contributed by atoms with Crippen molar-refractivity contribution in [3.63, 3.8) is 0 Å². The van der Waals surface area contributed by atoms with E-state index < -0.39 is 0 Å². The van der Waals surface area contributed by atoms with E-state index in [0.717, 1.165) is 17.0 Å². The zero-order chi connectivity index (χ0) is 19.1. The highest BCUT2D eigenvalue weighted by atomic mass is 32.1. The number of nitrogens with one attached hydrogen (secondary N) is 1. The van der Waals surface area contributed by atoms with E-state index in [1.165, 1.54) is 11.3 Å². The van der Waals surface area contributed by atoms with Crippen LogP contribution < -0.4 is 19.5 Å². The summed E-state index contributed by atoms with van der Waals surface area (Å²) in [6.07, 6.45) is 0. The van der Waals surface area contributed by atoms with E-state index in [-0.39, 0.29) is 5.91 Å². The highest BCUT2D eigenvalue weighted by Gasteiger charge is 2.12. The summed E-state index contributed by atoms with van der Waals surface area (Å²) in [7, 11) is 3.15. The summed E-state index contributed by atoms with van der Waals surface area (Å²) in [5.74, 6) is 1.59. The Hall–Kier alpha value is -3.06. The molecule has 0 aliphatic rings. The largest absolute Gasteiger partial charge is 0.496 e. The molecule has 1 N–H and O–H groups in total. The Balaban J connectivity index is 1.66. The van der Waals surface area contributed by atoms with Crippen LogP contribution in [0.1, 0.15) is 21.6 Å². The minimum atomic E-state index is -0.203. The smallest absolute Gasteiger partial charge is 0.251 e. The van der Waals surface area contributed by atoms with E-state index in [0.29, 0.717) is 30.2 Å². The number of nitrogens with zero attached hydrogens (tertiary/aromatic N) is 1. The van der Waals surface area contributed by atoms with Gasteiger partial charge in [-0.1, -0.05) is 18.2 Å². The molecule has 0 spiro atoms. The molecule has 7 heteroatoms. The van der Waals surface area contributed by atoms with Gasteiger partial charge < -0.3 is 19.5 Å². The van der Waals surface area contributed by atoms with Crippen LogP contribution in [0.4, 0.5) is 0 Å². The number of aromatic nitrogens is 1. The zero-order valence-corrected chi connectivity index (χ0v) is 15.9. The van der Waals surface area contributed by atoms with Crippen molar-refractivity contribution in [3.8, 4) is 17.2 Å². The Morgan fingerprint density at radius 2 is 1.89 bits per heavy atom. The molecule has 0 fully saturated rings. The van der Waals surface area contributed by atoms with Crippen molar-refractivity contribution in [3.05, 3.63) is 70.2 Å². The number of amides is 1. The number of rotatable bonds is 8. The number of thiazole rings is 1. The molecule has 3 aromatic rings. The van der Waals surface area contributed by atoms with E-state index in [9.17, 15) is 4.79 Å². The van der Waals surface area contributed by atoms with Gasteiger partial charge in [-0.15, -0.1) is 11.3 Å². The number of methoxy groups -OCH3 is 2. The molecule has 1 amide bonds. The molecule has 27 heavy (non-hydrogen) atoms. The van der Waals surface area contributed by atoms with Gasteiger partial charge in [0.05, 0.1) is 25.4 Å². The average molecular weight is 384 g/mol. The fourth-order valence-electron chi connectivity index (χ4n) is 2.52. The summed E-state index contributed by atoms with van der Waals surface area (Å²) in [5.41, 5.74) is 4.00. The van der Waals surface area contributed by atoms with Gasteiger partial charge >= 0.3 is 0 Å². The van der Waals surface area contributed by atoms with Crippen molar-refractivity contribution in [1.29, 1.82) is 0 Å². The summed E-state index contributed by atoms with van der Waals surface area (Å²) >= 11 is 1.51. The van der Waals surface area contributed by atoms with Crippen LogP contribution in [0.5, 0.6) is 17.2 Å². The SMILES string of the molecule is COc1ccccc1CNC(=O)c1ccc(OCc2cscn2)c(OC)c1. The lowest BCUT2D eigenvalue weighted by atomic mass is 10.1. The Morgan fingerprint density at radius 3 is 2.63 bits per heavy atom. The number of hydrogen-bond acceptors (Lipinski definition) is 6. The molecular weight excluding hydrogens is 364 g/mol. The van der Waals surface area contributed by atoms with Crippen molar-refractivity contribution in [2.24, 2.45) is 0 Å². The number of ether oxygens (including phenoxy) is 3. The van der Waals surface area contributed by atoms with Crippen LogP contribution in [-0.2, 0) is 13.2 Å². The second kappa shape index (κ2) is 9.05. The summed E-state index contributed by atoms with van der Waals surface area (Å²) in [4.78, 5) is 16.7. The lowest BCUT2D eigenvalue weighted by Gasteiger charge is -2.12. The van der Waals surface area contributed by atoms with E-state index in [1.54, 1.807) is 37.9 Å². The number of benzene rings is 2. The number of hydrogen-bond donors (Lipinski definition) is 1. The molecule has 1 heterocycles. The highest BCUT2D eigenvalue weighted by Crippen LogP contribution is 2.29. The molecule has 0 radical (unpaired) electrons. The fraction of sp³-hybridized carbons (Fsp3) is 0.200. The quantitative estimate of drug-likeness (QED) is 0.642.